The number of rotatable bonds is 1. The van der Waals surface area contributed by atoms with Gasteiger partial charge in [0.05, 0.1) is 18.0 Å². The Morgan fingerprint density at radius 3 is 2.00 bits per heavy atom. The molecule has 0 aliphatic rings. The summed E-state index contributed by atoms with van der Waals surface area (Å²) in [6, 6.07) is 8.56. The van der Waals surface area contributed by atoms with Gasteiger partial charge in [0.25, 0.3) is 0 Å². The number of benzene rings is 1. The second-order valence-electron chi connectivity index (χ2n) is 2.84. The Balaban J connectivity index is 2.63. The molecule has 0 aliphatic heterocycles. The number of pyridine rings is 1. The fourth-order valence-corrected chi connectivity index (χ4v) is 1.29. The third kappa shape index (κ3) is 1.48. The van der Waals surface area contributed by atoms with Crippen molar-refractivity contribution in [1.82, 2.24) is 4.98 Å². The zero-order valence-electron chi connectivity index (χ0n) is 7.24. The SMILES string of the molecule is Fc1cncc(F)c1-c1ccccc1. The molecule has 0 N–H and O–H groups in total. The van der Waals surface area contributed by atoms with Crippen molar-refractivity contribution in [3.63, 3.8) is 0 Å². The van der Waals surface area contributed by atoms with Crippen LogP contribution in [0.25, 0.3) is 11.1 Å². The van der Waals surface area contributed by atoms with E-state index in [4.69, 9.17) is 0 Å². The summed E-state index contributed by atoms with van der Waals surface area (Å²) in [7, 11) is 0. The highest BCUT2D eigenvalue weighted by atomic mass is 19.1. The summed E-state index contributed by atoms with van der Waals surface area (Å²) in [5.41, 5.74) is 0.491. The van der Waals surface area contributed by atoms with Gasteiger partial charge in [-0.3, -0.25) is 4.98 Å². The van der Waals surface area contributed by atoms with Crippen LogP contribution in [0.4, 0.5) is 8.78 Å². The number of halogens is 2. The van der Waals surface area contributed by atoms with E-state index in [-0.39, 0.29) is 5.56 Å². The van der Waals surface area contributed by atoms with Gasteiger partial charge in [-0.05, 0) is 5.56 Å². The average Bonchev–Trinajstić information content (AvgIpc) is 2.19. The quantitative estimate of drug-likeness (QED) is 0.675. The van der Waals surface area contributed by atoms with Crippen LogP contribution in [0, 0.1) is 11.6 Å². The molecule has 0 bridgehead atoms. The molecule has 0 atom stereocenters. The third-order valence-electron chi connectivity index (χ3n) is 1.92. The standard InChI is InChI=1S/C11H7F2N/c12-9-6-14-7-10(13)11(9)8-4-2-1-3-5-8/h1-7H. The molecule has 0 aliphatic carbocycles. The Bertz CT molecular complexity index is 420. The van der Waals surface area contributed by atoms with Crippen LogP contribution in [-0.4, -0.2) is 4.98 Å². The van der Waals surface area contributed by atoms with Crippen LogP contribution < -0.4 is 0 Å². The first kappa shape index (κ1) is 8.81. The van der Waals surface area contributed by atoms with Gasteiger partial charge in [0, 0.05) is 0 Å². The second-order valence-corrected chi connectivity index (χ2v) is 2.84. The van der Waals surface area contributed by atoms with Crippen LogP contribution in [0.2, 0.25) is 0 Å². The van der Waals surface area contributed by atoms with Gasteiger partial charge in [-0.2, -0.15) is 0 Å². The van der Waals surface area contributed by atoms with E-state index in [0.29, 0.717) is 5.56 Å². The maximum atomic E-state index is 13.2. The van der Waals surface area contributed by atoms with Crippen LogP contribution in [0.1, 0.15) is 0 Å². The molecular formula is C11H7F2N. The predicted molar refractivity (Wildman–Crippen MR) is 49.6 cm³/mol. The minimum atomic E-state index is -0.642. The van der Waals surface area contributed by atoms with Crippen molar-refractivity contribution in [2.75, 3.05) is 0 Å². The Kier molecular flexibility index (Phi) is 2.23. The fraction of sp³-hybridized carbons (Fsp3) is 0. The van der Waals surface area contributed by atoms with E-state index >= 15 is 0 Å². The molecule has 1 aromatic heterocycles. The summed E-state index contributed by atoms with van der Waals surface area (Å²) in [6.45, 7) is 0. The Labute approximate surface area is 80.0 Å². The molecule has 3 heteroatoms. The summed E-state index contributed by atoms with van der Waals surface area (Å²) < 4.78 is 26.5. The molecular weight excluding hydrogens is 184 g/mol. The van der Waals surface area contributed by atoms with Crippen molar-refractivity contribution in [1.29, 1.82) is 0 Å². The molecule has 0 amide bonds. The lowest BCUT2D eigenvalue weighted by molar-refractivity contribution is 0.579. The largest absolute Gasteiger partial charge is 0.259 e. The van der Waals surface area contributed by atoms with Crippen LogP contribution in [0.15, 0.2) is 42.7 Å². The highest BCUT2D eigenvalue weighted by molar-refractivity contribution is 5.63. The van der Waals surface area contributed by atoms with Crippen molar-refractivity contribution >= 4 is 0 Å². The van der Waals surface area contributed by atoms with Gasteiger partial charge in [0.2, 0.25) is 0 Å². The third-order valence-corrected chi connectivity index (χ3v) is 1.92. The first-order valence-corrected chi connectivity index (χ1v) is 4.13. The maximum absolute atomic E-state index is 13.2. The fourth-order valence-electron chi connectivity index (χ4n) is 1.29. The Morgan fingerprint density at radius 2 is 1.43 bits per heavy atom. The lowest BCUT2D eigenvalue weighted by Gasteiger charge is -2.03. The van der Waals surface area contributed by atoms with E-state index in [9.17, 15) is 8.78 Å². The minimum Gasteiger partial charge on any atom is -0.259 e. The van der Waals surface area contributed by atoms with Crippen molar-refractivity contribution in [2.24, 2.45) is 0 Å². The molecule has 14 heavy (non-hydrogen) atoms. The molecule has 1 nitrogen and oxygen atoms in total. The first-order chi connectivity index (χ1) is 6.79. The van der Waals surface area contributed by atoms with E-state index in [1.165, 1.54) is 0 Å². The van der Waals surface area contributed by atoms with Gasteiger partial charge in [-0.15, -0.1) is 0 Å². The van der Waals surface area contributed by atoms with Crippen LogP contribution in [-0.2, 0) is 0 Å². The van der Waals surface area contributed by atoms with Crippen LogP contribution in [0.3, 0.4) is 0 Å². The first-order valence-electron chi connectivity index (χ1n) is 4.13. The van der Waals surface area contributed by atoms with E-state index in [0.717, 1.165) is 12.4 Å². The monoisotopic (exact) mass is 191 g/mol. The molecule has 70 valence electrons. The highest BCUT2D eigenvalue weighted by Crippen LogP contribution is 2.24. The smallest absolute Gasteiger partial charge is 0.152 e. The number of hydrogen-bond donors (Lipinski definition) is 0. The molecule has 1 heterocycles. The van der Waals surface area contributed by atoms with E-state index in [1.807, 2.05) is 0 Å². The molecule has 0 fully saturated rings. The normalized spacial score (nSPS) is 10.1. The highest BCUT2D eigenvalue weighted by Gasteiger charge is 2.10. The summed E-state index contributed by atoms with van der Waals surface area (Å²) >= 11 is 0. The van der Waals surface area contributed by atoms with Gasteiger partial charge in [0.1, 0.15) is 0 Å². The van der Waals surface area contributed by atoms with E-state index in [1.54, 1.807) is 30.3 Å². The summed E-state index contributed by atoms with van der Waals surface area (Å²) in [4.78, 5) is 3.42. The van der Waals surface area contributed by atoms with Gasteiger partial charge in [-0.25, -0.2) is 8.78 Å². The summed E-state index contributed by atoms with van der Waals surface area (Å²) in [5.74, 6) is -1.28. The van der Waals surface area contributed by atoms with Crippen molar-refractivity contribution in [2.45, 2.75) is 0 Å². The van der Waals surface area contributed by atoms with Gasteiger partial charge >= 0.3 is 0 Å². The van der Waals surface area contributed by atoms with Crippen molar-refractivity contribution < 1.29 is 8.78 Å². The molecule has 2 rings (SSSR count). The topological polar surface area (TPSA) is 12.9 Å². The Hall–Kier alpha value is -1.77. The van der Waals surface area contributed by atoms with Crippen molar-refractivity contribution in [3.8, 4) is 11.1 Å². The second kappa shape index (κ2) is 3.54. The minimum absolute atomic E-state index is 0.0272. The van der Waals surface area contributed by atoms with Crippen LogP contribution in [0.5, 0.6) is 0 Å². The zero-order chi connectivity index (χ0) is 9.97. The molecule has 0 saturated carbocycles. The zero-order valence-corrected chi connectivity index (χ0v) is 7.24. The number of nitrogens with zero attached hydrogens (tertiary/aromatic N) is 1. The molecule has 0 unspecified atom stereocenters. The number of aromatic nitrogens is 1. The lowest BCUT2D eigenvalue weighted by atomic mass is 10.1. The van der Waals surface area contributed by atoms with Gasteiger partial charge < -0.3 is 0 Å². The average molecular weight is 191 g/mol. The van der Waals surface area contributed by atoms with Crippen LogP contribution >= 0.6 is 0 Å². The molecule has 2 aromatic rings. The van der Waals surface area contributed by atoms with E-state index in [2.05, 4.69) is 4.98 Å². The molecule has 0 saturated heterocycles. The summed E-state index contributed by atoms with van der Waals surface area (Å²) in [5, 5.41) is 0. The maximum Gasteiger partial charge on any atom is 0.152 e. The van der Waals surface area contributed by atoms with Gasteiger partial charge in [-0.1, -0.05) is 30.3 Å². The lowest BCUT2D eigenvalue weighted by Crippen LogP contribution is -1.90. The predicted octanol–water partition coefficient (Wildman–Crippen LogP) is 3.03. The van der Waals surface area contributed by atoms with E-state index < -0.39 is 11.6 Å². The van der Waals surface area contributed by atoms with Gasteiger partial charge in [0.15, 0.2) is 11.6 Å². The molecule has 1 aromatic carbocycles. The molecule has 0 radical (unpaired) electrons. The molecule has 0 spiro atoms. The van der Waals surface area contributed by atoms with Crippen molar-refractivity contribution in [3.05, 3.63) is 54.4 Å². The Morgan fingerprint density at radius 1 is 0.857 bits per heavy atom. The number of hydrogen-bond acceptors (Lipinski definition) is 1. The summed E-state index contributed by atoms with van der Waals surface area (Å²) in [6.07, 6.45) is 2.01.